The van der Waals surface area contributed by atoms with Gasteiger partial charge in [0.15, 0.2) is 0 Å². The van der Waals surface area contributed by atoms with Crippen LogP contribution in [0.5, 0.6) is 5.75 Å². The Morgan fingerprint density at radius 2 is 1.72 bits per heavy atom. The second-order valence-electron chi connectivity index (χ2n) is 6.89. The van der Waals surface area contributed by atoms with Gasteiger partial charge in [-0.3, -0.25) is 4.79 Å². The number of phenolic OH excluding ortho intramolecular Hbond substituents is 1. The molecule has 5 N–H and O–H groups in total. The summed E-state index contributed by atoms with van der Waals surface area (Å²) in [6, 6.07) is 9.96. The number of nitrogens with one attached hydrogen (secondary N) is 2. The van der Waals surface area contributed by atoms with Crippen molar-refractivity contribution in [3.05, 3.63) is 57.6 Å². The van der Waals surface area contributed by atoms with E-state index in [1.165, 1.54) is 0 Å². The van der Waals surface area contributed by atoms with Crippen LogP contribution in [0.25, 0.3) is 0 Å². The molecule has 2 aromatic carbocycles. The number of aliphatic hydroxyl groups is 1. The van der Waals surface area contributed by atoms with E-state index in [0.29, 0.717) is 41.7 Å². The van der Waals surface area contributed by atoms with Crippen LogP contribution >= 0.6 is 23.2 Å². The van der Waals surface area contributed by atoms with Crippen molar-refractivity contribution in [1.29, 1.82) is 0 Å². The first-order valence-corrected chi connectivity index (χ1v) is 10.2. The van der Waals surface area contributed by atoms with Crippen LogP contribution in [0.2, 0.25) is 10.0 Å². The molecule has 0 aliphatic carbocycles. The van der Waals surface area contributed by atoms with Gasteiger partial charge in [0.25, 0.3) is 0 Å². The molecule has 2 aromatic rings. The summed E-state index contributed by atoms with van der Waals surface area (Å²) >= 11 is 12.6. The number of hydrogen-bond acceptors (Lipinski definition) is 5. The lowest BCUT2D eigenvalue weighted by Gasteiger charge is -2.21. The van der Waals surface area contributed by atoms with Gasteiger partial charge in [0, 0.05) is 19.0 Å². The van der Waals surface area contributed by atoms with Crippen molar-refractivity contribution in [2.24, 2.45) is 0 Å². The maximum Gasteiger partial charge on any atom is 0.303 e. The maximum atomic E-state index is 10.6. The Labute approximate surface area is 180 Å². The third-order valence-corrected chi connectivity index (χ3v) is 5.16. The van der Waals surface area contributed by atoms with Crippen molar-refractivity contribution < 1.29 is 20.1 Å². The summed E-state index contributed by atoms with van der Waals surface area (Å²) in [5.74, 6) is -0.674. The highest BCUT2D eigenvalue weighted by Gasteiger charge is 2.16. The number of aromatic hydroxyl groups is 1. The molecule has 158 valence electrons. The molecule has 0 amide bonds. The van der Waals surface area contributed by atoms with Crippen molar-refractivity contribution >= 4 is 34.9 Å². The van der Waals surface area contributed by atoms with Crippen LogP contribution in [0.3, 0.4) is 0 Å². The lowest BCUT2D eigenvalue weighted by molar-refractivity contribution is -0.137. The molecule has 0 aliphatic rings. The van der Waals surface area contributed by atoms with Crippen LogP contribution in [-0.2, 0) is 11.2 Å². The van der Waals surface area contributed by atoms with E-state index in [1.807, 2.05) is 19.1 Å². The first-order valence-electron chi connectivity index (χ1n) is 9.42. The molecular formula is C21H26Cl2N2O4. The number of carbonyl (C=O) groups is 1. The van der Waals surface area contributed by atoms with Crippen LogP contribution in [-0.4, -0.2) is 40.4 Å². The highest BCUT2D eigenvalue weighted by molar-refractivity contribution is 6.39. The molecule has 0 saturated heterocycles. The van der Waals surface area contributed by atoms with Gasteiger partial charge in [0.2, 0.25) is 0 Å². The van der Waals surface area contributed by atoms with E-state index in [-0.39, 0.29) is 18.2 Å². The number of rotatable bonds is 11. The average molecular weight is 441 g/mol. The summed E-state index contributed by atoms with van der Waals surface area (Å²) in [6.45, 7) is 2.98. The second-order valence-corrected chi connectivity index (χ2v) is 7.70. The molecule has 29 heavy (non-hydrogen) atoms. The largest absolute Gasteiger partial charge is 0.508 e. The summed E-state index contributed by atoms with van der Waals surface area (Å²) < 4.78 is 0. The minimum Gasteiger partial charge on any atom is -0.508 e. The molecule has 2 atom stereocenters. The van der Waals surface area contributed by atoms with Gasteiger partial charge < -0.3 is 26.0 Å². The third-order valence-electron chi connectivity index (χ3n) is 4.56. The molecule has 0 unspecified atom stereocenters. The van der Waals surface area contributed by atoms with Crippen molar-refractivity contribution in [2.45, 2.75) is 38.3 Å². The number of phenols is 1. The number of halogens is 2. The normalized spacial score (nSPS) is 13.1. The fourth-order valence-electron chi connectivity index (χ4n) is 2.91. The van der Waals surface area contributed by atoms with Gasteiger partial charge >= 0.3 is 5.97 Å². The van der Waals surface area contributed by atoms with Crippen LogP contribution in [0.15, 0.2) is 36.4 Å². The monoisotopic (exact) mass is 440 g/mol. The van der Waals surface area contributed by atoms with E-state index in [9.17, 15) is 15.0 Å². The van der Waals surface area contributed by atoms with Crippen molar-refractivity contribution in [2.75, 3.05) is 18.4 Å². The summed E-state index contributed by atoms with van der Waals surface area (Å²) in [6.07, 6.45) is 0.542. The molecule has 8 heteroatoms. The van der Waals surface area contributed by atoms with Gasteiger partial charge in [-0.2, -0.15) is 0 Å². The van der Waals surface area contributed by atoms with E-state index < -0.39 is 12.1 Å². The van der Waals surface area contributed by atoms with Crippen LogP contribution < -0.4 is 10.6 Å². The van der Waals surface area contributed by atoms with Crippen molar-refractivity contribution in [1.82, 2.24) is 5.32 Å². The first-order chi connectivity index (χ1) is 13.8. The summed E-state index contributed by atoms with van der Waals surface area (Å²) in [4.78, 5) is 10.6. The number of aliphatic hydroxyl groups excluding tert-OH is 1. The van der Waals surface area contributed by atoms with E-state index in [0.717, 1.165) is 11.1 Å². The van der Waals surface area contributed by atoms with Gasteiger partial charge in [-0.15, -0.1) is 0 Å². The Morgan fingerprint density at radius 1 is 1.10 bits per heavy atom. The zero-order chi connectivity index (χ0) is 21.4. The Balaban J connectivity index is 1.85. The van der Waals surface area contributed by atoms with Gasteiger partial charge in [0.05, 0.1) is 21.8 Å². The Morgan fingerprint density at radius 3 is 2.31 bits per heavy atom. The number of carboxylic acid groups (broad SMARTS) is 1. The molecule has 0 radical (unpaired) electrons. The topological polar surface area (TPSA) is 102 Å². The molecule has 0 fully saturated rings. The Kier molecular flexibility index (Phi) is 9.04. The molecule has 0 spiro atoms. The van der Waals surface area contributed by atoms with Crippen LogP contribution in [0.4, 0.5) is 5.69 Å². The molecule has 0 aromatic heterocycles. The molecule has 6 nitrogen and oxygen atoms in total. The minimum atomic E-state index is -0.836. The molecule has 0 aliphatic heterocycles. The molecule has 2 rings (SSSR count). The summed E-state index contributed by atoms with van der Waals surface area (Å²) in [5.41, 5.74) is 2.29. The number of benzene rings is 2. The molecule has 0 heterocycles. The molecular weight excluding hydrogens is 415 g/mol. The number of hydrogen-bond donors (Lipinski definition) is 5. The predicted octanol–water partition coefficient (Wildman–Crippen LogP) is 4.23. The highest BCUT2D eigenvalue weighted by atomic mass is 35.5. The summed E-state index contributed by atoms with van der Waals surface area (Å²) in [5, 5.41) is 35.8. The first kappa shape index (κ1) is 23.3. The van der Waals surface area contributed by atoms with Crippen LogP contribution in [0, 0.1) is 0 Å². The minimum absolute atomic E-state index is 0.0835. The van der Waals surface area contributed by atoms with Gasteiger partial charge in [-0.1, -0.05) is 35.3 Å². The number of anilines is 1. The summed E-state index contributed by atoms with van der Waals surface area (Å²) in [7, 11) is 0. The Hall–Kier alpha value is -1.99. The highest BCUT2D eigenvalue weighted by Crippen LogP contribution is 2.32. The fourth-order valence-corrected chi connectivity index (χ4v) is 3.57. The maximum absolute atomic E-state index is 10.6. The van der Waals surface area contributed by atoms with E-state index in [2.05, 4.69) is 10.6 Å². The predicted molar refractivity (Wildman–Crippen MR) is 116 cm³/mol. The lowest BCUT2D eigenvalue weighted by Crippen LogP contribution is -2.33. The standard InChI is InChI=1S/C21H26Cl2N2O4/c1-13(21(29)15-4-6-16(26)7-5-15)24-10-8-14-11-17(22)20(18(23)12-14)25-9-2-3-19(27)28/h4-7,11-13,21,24-26,29H,2-3,8-10H2,1H3,(H,27,28)/t13-,21-/m0/s1. The second kappa shape index (κ2) is 11.3. The fraction of sp³-hybridized carbons (Fsp3) is 0.381. The van der Waals surface area contributed by atoms with Crippen molar-refractivity contribution in [3.8, 4) is 5.75 Å². The third kappa shape index (κ3) is 7.40. The van der Waals surface area contributed by atoms with E-state index in [1.54, 1.807) is 24.3 Å². The van der Waals surface area contributed by atoms with Crippen LogP contribution in [0.1, 0.15) is 37.0 Å². The SMILES string of the molecule is C[C@H](NCCc1cc(Cl)c(NCCCC(=O)O)c(Cl)c1)[C@H](O)c1ccc(O)cc1. The number of aliphatic carboxylic acids is 1. The lowest BCUT2D eigenvalue weighted by atomic mass is 10.0. The smallest absolute Gasteiger partial charge is 0.303 e. The Bertz CT molecular complexity index is 792. The van der Waals surface area contributed by atoms with E-state index in [4.69, 9.17) is 28.3 Å². The van der Waals surface area contributed by atoms with Gasteiger partial charge in [-0.25, -0.2) is 0 Å². The average Bonchev–Trinajstić information content (AvgIpc) is 2.66. The molecule has 0 bridgehead atoms. The van der Waals surface area contributed by atoms with Gasteiger partial charge in [-0.05, 0) is 61.7 Å². The van der Waals surface area contributed by atoms with Gasteiger partial charge in [0.1, 0.15) is 5.75 Å². The number of carboxylic acids is 1. The van der Waals surface area contributed by atoms with E-state index >= 15 is 0 Å². The molecule has 0 saturated carbocycles. The quantitative estimate of drug-likeness (QED) is 0.335. The zero-order valence-electron chi connectivity index (χ0n) is 16.2. The van der Waals surface area contributed by atoms with Crippen molar-refractivity contribution in [3.63, 3.8) is 0 Å². The zero-order valence-corrected chi connectivity index (χ0v) is 17.7.